The maximum atomic E-state index is 11.2. The van der Waals surface area contributed by atoms with E-state index in [4.69, 9.17) is 0 Å². The lowest BCUT2D eigenvalue weighted by Crippen LogP contribution is -2.39. The molecule has 0 aliphatic heterocycles. The second-order valence-electron chi connectivity index (χ2n) is 3.63. The van der Waals surface area contributed by atoms with Gasteiger partial charge >= 0.3 is 6.03 Å². The number of nitrogens with zero attached hydrogens (tertiary/aromatic N) is 2. The van der Waals surface area contributed by atoms with Gasteiger partial charge in [-0.05, 0) is 20.8 Å². The highest BCUT2D eigenvalue weighted by atomic mass is 16.2. The van der Waals surface area contributed by atoms with E-state index >= 15 is 0 Å². The summed E-state index contributed by atoms with van der Waals surface area (Å²) in [6.45, 7) is 6.08. The average molecular weight is 208 g/mol. The van der Waals surface area contributed by atoms with E-state index in [1.807, 2.05) is 20.8 Å². The Morgan fingerprint density at radius 1 is 1.40 bits per heavy atom. The summed E-state index contributed by atoms with van der Waals surface area (Å²) < 4.78 is 0. The van der Waals surface area contributed by atoms with Crippen LogP contribution in [0.15, 0.2) is 12.4 Å². The number of aryl methyl sites for hydroxylation is 1. The fraction of sp³-hybridized carbons (Fsp3) is 0.500. The summed E-state index contributed by atoms with van der Waals surface area (Å²) in [4.78, 5) is 19.4. The fourth-order valence-corrected chi connectivity index (χ4v) is 0.995. The molecule has 0 spiro atoms. The fourth-order valence-electron chi connectivity index (χ4n) is 0.995. The van der Waals surface area contributed by atoms with Crippen molar-refractivity contribution in [2.75, 3.05) is 0 Å². The van der Waals surface area contributed by atoms with Crippen molar-refractivity contribution in [2.45, 2.75) is 33.4 Å². The van der Waals surface area contributed by atoms with Gasteiger partial charge in [-0.1, -0.05) is 0 Å². The van der Waals surface area contributed by atoms with Gasteiger partial charge in [0.2, 0.25) is 0 Å². The van der Waals surface area contributed by atoms with Crippen LogP contribution in [0.25, 0.3) is 0 Å². The Kier molecular flexibility index (Phi) is 4.03. The predicted molar refractivity (Wildman–Crippen MR) is 57.3 cm³/mol. The van der Waals surface area contributed by atoms with Crippen LogP contribution in [0.4, 0.5) is 4.79 Å². The highest BCUT2D eigenvalue weighted by Gasteiger charge is 2.02. The summed E-state index contributed by atoms with van der Waals surface area (Å²) in [5.41, 5.74) is 1.62. The lowest BCUT2D eigenvalue weighted by atomic mass is 10.4. The van der Waals surface area contributed by atoms with Crippen molar-refractivity contribution >= 4 is 6.03 Å². The van der Waals surface area contributed by atoms with Gasteiger partial charge in [-0.15, -0.1) is 0 Å². The molecule has 0 bridgehead atoms. The third-order valence-corrected chi connectivity index (χ3v) is 1.68. The molecule has 2 N–H and O–H groups in total. The molecular weight excluding hydrogens is 192 g/mol. The van der Waals surface area contributed by atoms with E-state index in [0.29, 0.717) is 6.54 Å². The number of carbonyl (C=O) groups excluding carboxylic acids is 1. The normalized spacial score (nSPS) is 10.1. The minimum absolute atomic E-state index is 0.133. The third kappa shape index (κ3) is 4.39. The van der Waals surface area contributed by atoms with E-state index in [9.17, 15) is 4.79 Å². The molecule has 0 atom stereocenters. The molecule has 15 heavy (non-hydrogen) atoms. The number of hydrogen-bond acceptors (Lipinski definition) is 3. The Balaban J connectivity index is 2.37. The first-order valence-corrected chi connectivity index (χ1v) is 4.90. The van der Waals surface area contributed by atoms with Crippen molar-refractivity contribution < 1.29 is 4.79 Å². The molecule has 0 saturated heterocycles. The van der Waals surface area contributed by atoms with E-state index < -0.39 is 0 Å². The minimum atomic E-state index is -0.188. The van der Waals surface area contributed by atoms with Crippen LogP contribution < -0.4 is 10.6 Å². The molecule has 2 amide bonds. The van der Waals surface area contributed by atoms with Gasteiger partial charge in [-0.2, -0.15) is 0 Å². The molecule has 0 unspecified atom stereocenters. The van der Waals surface area contributed by atoms with Gasteiger partial charge in [0.25, 0.3) is 0 Å². The molecule has 0 saturated carbocycles. The Hall–Kier alpha value is -1.65. The summed E-state index contributed by atoms with van der Waals surface area (Å²) in [6, 6.07) is -0.0542. The lowest BCUT2D eigenvalue weighted by Gasteiger charge is -2.09. The number of urea groups is 1. The van der Waals surface area contributed by atoms with Crippen LogP contribution in [0.2, 0.25) is 0 Å². The minimum Gasteiger partial charge on any atom is -0.336 e. The number of amides is 2. The maximum absolute atomic E-state index is 11.2. The van der Waals surface area contributed by atoms with Crippen LogP contribution in [0.5, 0.6) is 0 Å². The molecule has 0 radical (unpaired) electrons. The van der Waals surface area contributed by atoms with Gasteiger partial charge in [0.15, 0.2) is 0 Å². The third-order valence-electron chi connectivity index (χ3n) is 1.68. The molecule has 1 aromatic heterocycles. The second kappa shape index (κ2) is 5.29. The highest BCUT2D eigenvalue weighted by molar-refractivity contribution is 5.73. The Labute approximate surface area is 89.3 Å². The number of rotatable bonds is 3. The van der Waals surface area contributed by atoms with Gasteiger partial charge < -0.3 is 10.6 Å². The molecule has 0 fully saturated rings. The topological polar surface area (TPSA) is 66.9 Å². The van der Waals surface area contributed by atoms with Crippen molar-refractivity contribution in [1.29, 1.82) is 0 Å². The first-order valence-electron chi connectivity index (χ1n) is 4.90. The molecule has 0 aliphatic rings. The standard InChI is InChI=1S/C10H16N4O/c1-7(2)14-10(15)13-6-9-5-11-8(3)4-12-9/h4-5,7H,6H2,1-3H3,(H2,13,14,15). The molecule has 1 heterocycles. The van der Waals surface area contributed by atoms with Crippen molar-refractivity contribution in [3.05, 3.63) is 23.8 Å². The molecule has 1 aromatic rings. The largest absolute Gasteiger partial charge is 0.336 e. The molecule has 82 valence electrons. The molecule has 0 aromatic carbocycles. The molecule has 1 rings (SSSR count). The molecule has 5 nitrogen and oxygen atoms in total. The SMILES string of the molecule is Cc1cnc(CNC(=O)NC(C)C)cn1. The number of nitrogens with one attached hydrogen (secondary N) is 2. The average Bonchev–Trinajstić information content (AvgIpc) is 2.16. The summed E-state index contributed by atoms with van der Waals surface area (Å²) >= 11 is 0. The quantitative estimate of drug-likeness (QED) is 0.778. The zero-order valence-electron chi connectivity index (χ0n) is 9.24. The zero-order valence-corrected chi connectivity index (χ0v) is 9.24. The van der Waals surface area contributed by atoms with Gasteiger partial charge in [0.05, 0.1) is 24.1 Å². The summed E-state index contributed by atoms with van der Waals surface area (Å²) in [5.74, 6) is 0. The van der Waals surface area contributed by atoms with Gasteiger partial charge in [-0.3, -0.25) is 9.97 Å². The van der Waals surface area contributed by atoms with Crippen molar-refractivity contribution in [1.82, 2.24) is 20.6 Å². The van der Waals surface area contributed by atoms with Crippen LogP contribution in [0, 0.1) is 6.92 Å². The van der Waals surface area contributed by atoms with Crippen LogP contribution in [-0.4, -0.2) is 22.0 Å². The highest BCUT2D eigenvalue weighted by Crippen LogP contribution is 1.93. The van der Waals surface area contributed by atoms with Gasteiger partial charge in [0, 0.05) is 12.2 Å². The smallest absolute Gasteiger partial charge is 0.315 e. The van der Waals surface area contributed by atoms with E-state index in [1.54, 1.807) is 12.4 Å². The molecule has 5 heteroatoms. The Bertz CT molecular complexity index is 321. The van der Waals surface area contributed by atoms with Crippen LogP contribution >= 0.6 is 0 Å². The van der Waals surface area contributed by atoms with Gasteiger partial charge in [0.1, 0.15) is 0 Å². The molecular formula is C10H16N4O. The summed E-state index contributed by atoms with van der Waals surface area (Å²) in [6.07, 6.45) is 3.34. The lowest BCUT2D eigenvalue weighted by molar-refractivity contribution is 0.238. The monoisotopic (exact) mass is 208 g/mol. The van der Waals surface area contributed by atoms with Gasteiger partial charge in [-0.25, -0.2) is 4.79 Å². The number of carbonyl (C=O) groups is 1. The van der Waals surface area contributed by atoms with Crippen molar-refractivity contribution in [3.63, 3.8) is 0 Å². The maximum Gasteiger partial charge on any atom is 0.315 e. The Morgan fingerprint density at radius 2 is 2.13 bits per heavy atom. The Morgan fingerprint density at radius 3 is 2.67 bits per heavy atom. The van der Waals surface area contributed by atoms with E-state index in [0.717, 1.165) is 11.4 Å². The van der Waals surface area contributed by atoms with Crippen LogP contribution in [-0.2, 0) is 6.54 Å². The van der Waals surface area contributed by atoms with Crippen LogP contribution in [0.1, 0.15) is 25.2 Å². The van der Waals surface area contributed by atoms with E-state index in [2.05, 4.69) is 20.6 Å². The first-order chi connectivity index (χ1) is 7.08. The van der Waals surface area contributed by atoms with E-state index in [1.165, 1.54) is 0 Å². The predicted octanol–water partition coefficient (Wildman–Crippen LogP) is 0.993. The first kappa shape index (κ1) is 11.4. The molecule has 0 aliphatic carbocycles. The summed E-state index contributed by atoms with van der Waals surface area (Å²) in [7, 11) is 0. The second-order valence-corrected chi connectivity index (χ2v) is 3.63. The van der Waals surface area contributed by atoms with E-state index in [-0.39, 0.29) is 12.1 Å². The zero-order chi connectivity index (χ0) is 11.3. The van der Waals surface area contributed by atoms with Crippen LogP contribution in [0.3, 0.4) is 0 Å². The summed E-state index contributed by atoms with van der Waals surface area (Å²) in [5, 5.41) is 5.42. The number of aromatic nitrogens is 2. The van der Waals surface area contributed by atoms with Crippen molar-refractivity contribution in [2.24, 2.45) is 0 Å². The van der Waals surface area contributed by atoms with Crippen molar-refractivity contribution in [3.8, 4) is 0 Å². The number of hydrogen-bond donors (Lipinski definition) is 2.